The molecule has 0 bridgehead atoms. The second-order valence-corrected chi connectivity index (χ2v) is 12.2. The number of hydrogen-bond acceptors (Lipinski definition) is 10. The largest absolute Gasteiger partial charge is 0.480 e. The van der Waals surface area contributed by atoms with Gasteiger partial charge in [0.15, 0.2) is 0 Å². The summed E-state index contributed by atoms with van der Waals surface area (Å²) < 4.78 is 40.4. The molecule has 0 spiro atoms. The van der Waals surface area contributed by atoms with Crippen molar-refractivity contribution >= 4 is 39.2 Å². The van der Waals surface area contributed by atoms with Crippen LogP contribution >= 0.6 is 0 Å². The summed E-state index contributed by atoms with van der Waals surface area (Å²) in [6.07, 6.45) is 1.52. The number of morpholine rings is 1. The number of nitrogen functional groups attached to an aromatic ring is 1. The molecule has 2 N–H and O–H groups in total. The molecule has 0 amide bonds. The molecule has 0 radical (unpaired) electrons. The normalized spacial score (nSPS) is 14.4. The number of fused-ring (bicyclic) bond motifs is 1. The number of pyridine rings is 1. The van der Waals surface area contributed by atoms with Crippen LogP contribution in [0.3, 0.4) is 0 Å². The van der Waals surface area contributed by atoms with E-state index in [1.54, 1.807) is 20.8 Å². The van der Waals surface area contributed by atoms with E-state index in [-0.39, 0.29) is 17.2 Å². The van der Waals surface area contributed by atoms with Crippen molar-refractivity contribution in [3.8, 4) is 22.7 Å². The van der Waals surface area contributed by atoms with Crippen molar-refractivity contribution in [2.75, 3.05) is 44.0 Å². The highest BCUT2D eigenvalue weighted by atomic mass is 32.2. The highest BCUT2D eigenvalue weighted by molar-refractivity contribution is 7.89. The fourth-order valence-corrected chi connectivity index (χ4v) is 6.49. The Bertz CT molecular complexity index is 1670. The molecule has 0 saturated carbocycles. The lowest BCUT2D eigenvalue weighted by Crippen LogP contribution is -2.45. The smallest absolute Gasteiger partial charge is 0.314 e. The first-order valence-electron chi connectivity index (χ1n) is 13.0. The summed E-state index contributed by atoms with van der Waals surface area (Å²) >= 11 is 0. The Morgan fingerprint density at radius 2 is 1.71 bits per heavy atom. The third-order valence-corrected chi connectivity index (χ3v) is 8.61. The summed E-state index contributed by atoms with van der Waals surface area (Å²) in [6, 6.07) is 15.0. The second kappa shape index (κ2) is 11.0. The third kappa shape index (κ3) is 5.43. The number of hydroxylamine groups is 1. The van der Waals surface area contributed by atoms with Gasteiger partial charge in [-0.1, -0.05) is 6.07 Å². The standard InChI is InChI=1S/C28H32N6O6S/c1-28(2,3)34(40-18-35)41(36,37)25-16-20(17-30-26(25)38-4)19-5-10-23-24(15-19)33(27(29)31-23)22-8-6-21(7-9-22)32-11-13-39-14-12-32/h5-10,15-18H,11-14H2,1-4H3,(H2,29,31). The molecule has 216 valence electrons. The first-order valence-corrected chi connectivity index (χ1v) is 14.4. The van der Waals surface area contributed by atoms with Gasteiger partial charge in [-0.2, -0.15) is 0 Å². The quantitative estimate of drug-likeness (QED) is 0.243. The number of rotatable bonds is 8. The van der Waals surface area contributed by atoms with Crippen molar-refractivity contribution in [3.63, 3.8) is 0 Å². The maximum Gasteiger partial charge on any atom is 0.314 e. The van der Waals surface area contributed by atoms with Crippen molar-refractivity contribution in [2.45, 2.75) is 31.2 Å². The van der Waals surface area contributed by atoms with Crippen LogP contribution in [-0.4, -0.2) is 72.8 Å². The second-order valence-electron chi connectivity index (χ2n) is 10.5. The molecule has 1 fully saturated rings. The van der Waals surface area contributed by atoms with E-state index in [1.807, 2.05) is 47.0 Å². The van der Waals surface area contributed by atoms with Crippen LogP contribution in [0.4, 0.5) is 11.6 Å². The zero-order chi connectivity index (χ0) is 29.4. The first-order chi connectivity index (χ1) is 19.5. The molecule has 1 saturated heterocycles. The van der Waals surface area contributed by atoms with Crippen LogP contribution in [0, 0.1) is 0 Å². The molecule has 2 aromatic heterocycles. The number of carbonyl (C=O) groups excluding carboxylic acids is 1. The molecular formula is C28H32N6O6S. The average molecular weight is 581 g/mol. The highest BCUT2D eigenvalue weighted by Gasteiger charge is 2.39. The molecule has 4 aromatic rings. The monoisotopic (exact) mass is 580 g/mol. The Hall–Kier alpha value is -4.20. The number of sulfonamides is 1. The number of benzene rings is 2. The van der Waals surface area contributed by atoms with Gasteiger partial charge >= 0.3 is 6.47 Å². The van der Waals surface area contributed by atoms with Gasteiger partial charge in [0.05, 0.1) is 36.9 Å². The van der Waals surface area contributed by atoms with Crippen molar-refractivity contribution in [1.29, 1.82) is 0 Å². The molecule has 2 aromatic carbocycles. The first kappa shape index (κ1) is 28.3. The number of carbonyl (C=O) groups is 1. The van der Waals surface area contributed by atoms with E-state index < -0.39 is 15.6 Å². The van der Waals surface area contributed by atoms with Crippen molar-refractivity contribution < 1.29 is 27.5 Å². The fraction of sp³-hybridized carbons (Fsp3) is 0.321. The lowest BCUT2D eigenvalue weighted by atomic mass is 10.1. The summed E-state index contributed by atoms with van der Waals surface area (Å²) in [6.45, 7) is 7.94. The van der Waals surface area contributed by atoms with Crippen LogP contribution in [0.5, 0.6) is 5.88 Å². The molecule has 1 aliphatic heterocycles. The van der Waals surface area contributed by atoms with Gasteiger partial charge in [-0.3, -0.25) is 9.36 Å². The Morgan fingerprint density at radius 1 is 1.02 bits per heavy atom. The number of ether oxygens (including phenoxy) is 2. The van der Waals surface area contributed by atoms with Gasteiger partial charge in [-0.15, -0.1) is 0 Å². The van der Waals surface area contributed by atoms with E-state index in [0.29, 0.717) is 40.3 Å². The SMILES string of the molecule is COc1ncc(-c2ccc3nc(N)n(-c4ccc(N5CCOCC5)cc4)c3c2)cc1S(=O)(=O)N(OC=O)C(C)(C)C. The molecular weight excluding hydrogens is 548 g/mol. The van der Waals surface area contributed by atoms with E-state index in [4.69, 9.17) is 20.0 Å². The number of methoxy groups -OCH3 is 1. The molecule has 0 aliphatic carbocycles. The van der Waals surface area contributed by atoms with E-state index in [2.05, 4.69) is 14.9 Å². The van der Waals surface area contributed by atoms with Crippen molar-refractivity contribution in [2.24, 2.45) is 0 Å². The zero-order valence-electron chi connectivity index (χ0n) is 23.3. The Labute approximate surface area is 238 Å². The lowest BCUT2D eigenvalue weighted by molar-refractivity contribution is -0.165. The van der Waals surface area contributed by atoms with E-state index in [1.165, 1.54) is 19.4 Å². The maximum absolute atomic E-state index is 13.6. The van der Waals surface area contributed by atoms with Crippen molar-refractivity contribution in [3.05, 3.63) is 54.7 Å². The van der Waals surface area contributed by atoms with Crippen LogP contribution in [0.25, 0.3) is 27.8 Å². The molecule has 1 aliphatic rings. The lowest BCUT2D eigenvalue weighted by Gasteiger charge is -2.31. The Balaban J connectivity index is 1.57. The minimum atomic E-state index is -4.35. The van der Waals surface area contributed by atoms with Gasteiger partial charge in [-0.25, -0.2) is 18.4 Å². The maximum atomic E-state index is 13.6. The molecule has 3 heterocycles. The van der Waals surface area contributed by atoms with E-state index >= 15 is 0 Å². The molecule has 0 atom stereocenters. The third-order valence-electron chi connectivity index (χ3n) is 6.69. The van der Waals surface area contributed by atoms with Crippen LogP contribution in [0.15, 0.2) is 59.6 Å². The predicted molar refractivity (Wildman–Crippen MR) is 154 cm³/mol. The van der Waals surface area contributed by atoms with Crippen LogP contribution < -0.4 is 15.4 Å². The Kier molecular flexibility index (Phi) is 7.60. The minimum Gasteiger partial charge on any atom is -0.480 e. The molecule has 41 heavy (non-hydrogen) atoms. The summed E-state index contributed by atoms with van der Waals surface area (Å²) in [5, 5.41) is 0. The number of hydrogen-bond donors (Lipinski definition) is 1. The number of nitrogens with two attached hydrogens (primary N) is 1. The number of anilines is 2. The molecule has 0 unspecified atom stereocenters. The summed E-state index contributed by atoms with van der Waals surface area (Å²) in [5.41, 5.74) is 9.80. The van der Waals surface area contributed by atoms with E-state index in [9.17, 15) is 13.2 Å². The number of imidazole rings is 1. The van der Waals surface area contributed by atoms with Gasteiger partial charge in [0.1, 0.15) is 4.90 Å². The van der Waals surface area contributed by atoms with Crippen molar-refractivity contribution in [1.82, 2.24) is 19.0 Å². The number of aromatic nitrogens is 3. The van der Waals surface area contributed by atoms with Crippen LogP contribution in [0.1, 0.15) is 20.8 Å². The zero-order valence-corrected chi connectivity index (χ0v) is 24.1. The van der Waals surface area contributed by atoms with Gasteiger partial charge in [0, 0.05) is 36.2 Å². The molecule has 5 rings (SSSR count). The average Bonchev–Trinajstić information content (AvgIpc) is 3.30. The topological polar surface area (TPSA) is 142 Å². The molecule has 13 heteroatoms. The predicted octanol–water partition coefficient (Wildman–Crippen LogP) is 3.39. The van der Waals surface area contributed by atoms with E-state index in [0.717, 1.165) is 30.0 Å². The van der Waals surface area contributed by atoms with Gasteiger partial charge in [-0.05, 0) is 73.3 Å². The van der Waals surface area contributed by atoms with Gasteiger partial charge in [0.2, 0.25) is 11.8 Å². The summed E-state index contributed by atoms with van der Waals surface area (Å²) in [4.78, 5) is 26.8. The van der Waals surface area contributed by atoms with Gasteiger partial charge < -0.3 is 24.9 Å². The highest BCUT2D eigenvalue weighted by Crippen LogP contribution is 2.34. The summed E-state index contributed by atoms with van der Waals surface area (Å²) in [7, 11) is -3.03. The minimum absolute atomic E-state index is 0.0690. The number of nitrogens with zero attached hydrogens (tertiary/aromatic N) is 5. The molecule has 12 nitrogen and oxygen atoms in total. The van der Waals surface area contributed by atoms with Crippen LogP contribution in [0.2, 0.25) is 0 Å². The Morgan fingerprint density at radius 3 is 2.34 bits per heavy atom. The summed E-state index contributed by atoms with van der Waals surface area (Å²) in [5.74, 6) is 0.187. The fourth-order valence-electron chi connectivity index (χ4n) is 4.81. The van der Waals surface area contributed by atoms with Gasteiger partial charge in [0.25, 0.3) is 10.0 Å². The van der Waals surface area contributed by atoms with Crippen LogP contribution in [-0.2, 0) is 24.4 Å².